The van der Waals surface area contributed by atoms with Crippen molar-refractivity contribution in [3.63, 3.8) is 0 Å². The number of nitrogens with zero attached hydrogens (tertiary/aromatic N) is 1. The molecule has 2 aromatic carbocycles. The van der Waals surface area contributed by atoms with Gasteiger partial charge in [-0.05, 0) is 43.0 Å². The van der Waals surface area contributed by atoms with E-state index in [1.54, 1.807) is 10.6 Å². The number of aryl methyl sites for hydroxylation is 1. The molecule has 1 amide bonds. The Morgan fingerprint density at radius 3 is 2.77 bits per heavy atom. The van der Waals surface area contributed by atoms with Crippen molar-refractivity contribution in [3.05, 3.63) is 75.1 Å². The largest absolute Gasteiger partial charge is 0.506 e. The van der Waals surface area contributed by atoms with Crippen molar-refractivity contribution >= 4 is 16.8 Å². The van der Waals surface area contributed by atoms with Crippen LogP contribution < -0.4 is 10.9 Å². The van der Waals surface area contributed by atoms with Crippen molar-refractivity contribution < 1.29 is 9.90 Å². The molecule has 1 aliphatic heterocycles. The molecule has 2 N–H and O–H groups in total. The van der Waals surface area contributed by atoms with Gasteiger partial charge in [0.05, 0.1) is 5.52 Å². The van der Waals surface area contributed by atoms with E-state index in [-0.39, 0.29) is 17.4 Å². The first-order valence-corrected chi connectivity index (χ1v) is 8.70. The minimum atomic E-state index is -0.550. The van der Waals surface area contributed by atoms with E-state index in [0.717, 1.165) is 28.6 Å². The molecule has 0 aliphatic carbocycles. The Bertz CT molecular complexity index is 1100. The third-order valence-corrected chi connectivity index (χ3v) is 5.17. The van der Waals surface area contributed by atoms with Crippen molar-refractivity contribution in [1.82, 2.24) is 9.88 Å². The number of pyridine rings is 1. The smallest absolute Gasteiger partial charge is 0.267 e. The van der Waals surface area contributed by atoms with Crippen molar-refractivity contribution in [2.75, 3.05) is 0 Å². The average Bonchev–Trinajstić information content (AvgIpc) is 2.96. The molecule has 1 aliphatic rings. The van der Waals surface area contributed by atoms with Crippen LogP contribution in [0.5, 0.6) is 5.75 Å². The van der Waals surface area contributed by atoms with Crippen LogP contribution in [0.2, 0.25) is 0 Å². The Morgan fingerprint density at radius 1 is 1.23 bits per heavy atom. The highest BCUT2D eigenvalue weighted by Gasteiger charge is 2.29. The van der Waals surface area contributed by atoms with Gasteiger partial charge in [-0.2, -0.15) is 0 Å². The van der Waals surface area contributed by atoms with Gasteiger partial charge in [-0.15, -0.1) is 0 Å². The maximum absolute atomic E-state index is 12.9. The molecular weight excluding hydrogens is 328 g/mol. The molecule has 26 heavy (non-hydrogen) atoms. The van der Waals surface area contributed by atoms with Crippen molar-refractivity contribution in [2.24, 2.45) is 0 Å². The molecule has 0 fully saturated rings. The molecule has 1 aromatic heterocycles. The molecule has 1 atom stereocenters. The fraction of sp³-hybridized carbons (Fsp3) is 0.238. The predicted molar refractivity (Wildman–Crippen MR) is 101 cm³/mol. The first-order valence-electron chi connectivity index (χ1n) is 8.70. The van der Waals surface area contributed by atoms with E-state index in [1.165, 1.54) is 0 Å². The van der Waals surface area contributed by atoms with Crippen molar-refractivity contribution in [1.29, 1.82) is 0 Å². The van der Waals surface area contributed by atoms with Crippen molar-refractivity contribution in [2.45, 2.75) is 32.9 Å². The van der Waals surface area contributed by atoms with E-state index in [4.69, 9.17) is 0 Å². The van der Waals surface area contributed by atoms with E-state index < -0.39 is 11.5 Å². The Kier molecular flexibility index (Phi) is 3.80. The molecule has 1 unspecified atom stereocenters. The maximum atomic E-state index is 12.9. The van der Waals surface area contributed by atoms with Crippen LogP contribution >= 0.6 is 0 Å². The second-order valence-electron chi connectivity index (χ2n) is 6.87. The number of amides is 1. The minimum Gasteiger partial charge on any atom is -0.506 e. The van der Waals surface area contributed by atoms with E-state index in [1.807, 2.05) is 50.2 Å². The normalized spacial score (nSPS) is 15.4. The summed E-state index contributed by atoms with van der Waals surface area (Å²) < 4.78 is 1.63. The Hall–Kier alpha value is -3.08. The summed E-state index contributed by atoms with van der Waals surface area (Å²) in [6, 6.07) is 13.2. The summed E-state index contributed by atoms with van der Waals surface area (Å²) >= 11 is 0. The van der Waals surface area contributed by atoms with E-state index in [9.17, 15) is 14.7 Å². The minimum absolute atomic E-state index is 0.0362. The molecule has 5 nitrogen and oxygen atoms in total. The van der Waals surface area contributed by atoms with Crippen LogP contribution in [0.1, 0.15) is 40.0 Å². The number of carbonyl (C=O) groups is 1. The highest BCUT2D eigenvalue weighted by atomic mass is 16.3. The number of aromatic nitrogens is 1. The quantitative estimate of drug-likeness (QED) is 0.764. The van der Waals surface area contributed by atoms with E-state index in [0.29, 0.717) is 11.9 Å². The second-order valence-corrected chi connectivity index (χ2v) is 6.87. The van der Waals surface area contributed by atoms with E-state index in [2.05, 4.69) is 5.32 Å². The van der Waals surface area contributed by atoms with Crippen LogP contribution in [0.4, 0.5) is 0 Å². The summed E-state index contributed by atoms with van der Waals surface area (Å²) in [5.41, 5.74) is 3.17. The van der Waals surface area contributed by atoms with Crippen LogP contribution in [-0.2, 0) is 13.0 Å². The molecule has 0 spiro atoms. The van der Waals surface area contributed by atoms with Crippen LogP contribution in [0.15, 0.2) is 47.3 Å². The first kappa shape index (κ1) is 16.4. The van der Waals surface area contributed by atoms with E-state index >= 15 is 0 Å². The van der Waals surface area contributed by atoms with Crippen molar-refractivity contribution in [3.8, 4) is 5.75 Å². The zero-order valence-electron chi connectivity index (χ0n) is 14.7. The fourth-order valence-electron chi connectivity index (χ4n) is 3.80. The molecule has 132 valence electrons. The molecule has 0 saturated carbocycles. The first-order chi connectivity index (χ1) is 12.5. The Morgan fingerprint density at radius 2 is 2.00 bits per heavy atom. The Balaban J connectivity index is 1.77. The number of hydrogen-bond donors (Lipinski definition) is 2. The van der Waals surface area contributed by atoms with Gasteiger partial charge in [0.2, 0.25) is 0 Å². The molecule has 0 saturated heterocycles. The lowest BCUT2D eigenvalue weighted by atomic mass is 10.1. The van der Waals surface area contributed by atoms with Gasteiger partial charge in [-0.3, -0.25) is 9.59 Å². The summed E-state index contributed by atoms with van der Waals surface area (Å²) in [4.78, 5) is 25.7. The molecule has 4 rings (SSSR count). The molecule has 2 heterocycles. The third kappa shape index (κ3) is 2.39. The topological polar surface area (TPSA) is 71.3 Å². The monoisotopic (exact) mass is 348 g/mol. The number of para-hydroxylation sites is 1. The number of hydrogen-bond acceptors (Lipinski definition) is 3. The van der Waals surface area contributed by atoms with Gasteiger partial charge in [-0.1, -0.05) is 36.4 Å². The number of rotatable bonds is 3. The molecule has 0 radical (unpaired) electrons. The zero-order valence-corrected chi connectivity index (χ0v) is 14.7. The lowest BCUT2D eigenvalue weighted by Gasteiger charge is -2.14. The predicted octanol–water partition coefficient (Wildman–Crippen LogP) is 3.06. The Labute approximate surface area is 150 Å². The van der Waals surface area contributed by atoms with Gasteiger partial charge in [0.25, 0.3) is 11.5 Å². The number of benzene rings is 2. The highest BCUT2D eigenvalue weighted by molar-refractivity contribution is 6.03. The lowest BCUT2D eigenvalue weighted by molar-refractivity contribution is 0.0946. The number of nitrogens with one attached hydrogen (secondary N) is 1. The van der Waals surface area contributed by atoms with Crippen LogP contribution in [0, 0.1) is 6.92 Å². The third-order valence-electron chi connectivity index (χ3n) is 5.17. The van der Waals surface area contributed by atoms with Crippen LogP contribution in [0.25, 0.3) is 10.9 Å². The van der Waals surface area contributed by atoms with Gasteiger partial charge in [0.15, 0.2) is 0 Å². The second kappa shape index (κ2) is 6.02. The van der Waals surface area contributed by atoms with Gasteiger partial charge in [0.1, 0.15) is 11.3 Å². The standard InChI is InChI=1S/C21H20N2O3/c1-12-6-3-4-7-15(12)11-22-20(25)17-19(24)16-9-5-8-14-10-13(2)23(18(14)16)21(17)26/h3-9,13,24H,10-11H2,1-2H3,(H,22,25). The molecule has 5 heteroatoms. The molecule has 0 bridgehead atoms. The zero-order chi connectivity index (χ0) is 18.4. The van der Waals surface area contributed by atoms with Crippen LogP contribution in [-0.4, -0.2) is 15.6 Å². The summed E-state index contributed by atoms with van der Waals surface area (Å²) in [6.07, 6.45) is 0.723. The summed E-state index contributed by atoms with van der Waals surface area (Å²) in [5.74, 6) is -0.787. The molecule has 3 aromatic rings. The summed E-state index contributed by atoms with van der Waals surface area (Å²) in [7, 11) is 0. The highest BCUT2D eigenvalue weighted by Crippen LogP contribution is 2.35. The maximum Gasteiger partial charge on any atom is 0.267 e. The summed E-state index contributed by atoms with van der Waals surface area (Å²) in [5, 5.41) is 14.0. The van der Waals surface area contributed by atoms with Crippen LogP contribution in [0.3, 0.4) is 0 Å². The molecular formula is C21H20N2O3. The average molecular weight is 348 g/mol. The SMILES string of the molecule is Cc1ccccc1CNC(=O)c1c(O)c2cccc3c2n(c1=O)C(C)C3. The summed E-state index contributed by atoms with van der Waals surface area (Å²) in [6.45, 7) is 4.22. The van der Waals surface area contributed by atoms with Gasteiger partial charge >= 0.3 is 0 Å². The van der Waals surface area contributed by atoms with Gasteiger partial charge in [-0.25, -0.2) is 0 Å². The lowest BCUT2D eigenvalue weighted by Crippen LogP contribution is -2.33. The number of carbonyl (C=O) groups excluding carboxylic acids is 1. The number of aromatic hydroxyl groups is 1. The van der Waals surface area contributed by atoms with Gasteiger partial charge in [0, 0.05) is 18.0 Å². The fourth-order valence-corrected chi connectivity index (χ4v) is 3.80. The van der Waals surface area contributed by atoms with Gasteiger partial charge < -0.3 is 15.0 Å².